The quantitative estimate of drug-likeness (QED) is 0.535. The van der Waals surface area contributed by atoms with Crippen molar-refractivity contribution in [2.75, 3.05) is 0 Å². The van der Waals surface area contributed by atoms with Crippen LogP contribution in [0.3, 0.4) is 0 Å². The molecule has 0 spiro atoms. The number of rotatable bonds is 5. The summed E-state index contributed by atoms with van der Waals surface area (Å²) in [5.41, 5.74) is 5.57. The van der Waals surface area contributed by atoms with Crippen molar-refractivity contribution in [2.24, 2.45) is 5.84 Å². The summed E-state index contributed by atoms with van der Waals surface area (Å²) in [4.78, 5) is 13.0. The number of nitrogens with zero attached hydrogens (tertiary/aromatic N) is 5. The molecule has 0 radical (unpaired) electrons. The van der Waals surface area contributed by atoms with Gasteiger partial charge in [0, 0.05) is 25.4 Å². The van der Waals surface area contributed by atoms with E-state index in [9.17, 15) is 0 Å². The van der Waals surface area contributed by atoms with Crippen LogP contribution >= 0.6 is 0 Å². The van der Waals surface area contributed by atoms with Gasteiger partial charge in [-0.2, -0.15) is 5.10 Å². The smallest absolute Gasteiger partial charge is 0.138 e. The van der Waals surface area contributed by atoms with Gasteiger partial charge in [0.15, 0.2) is 0 Å². The minimum absolute atomic E-state index is 0.0973. The van der Waals surface area contributed by atoms with Crippen LogP contribution in [-0.2, 0) is 13.0 Å². The molecule has 3 N–H and O–H groups in total. The summed E-state index contributed by atoms with van der Waals surface area (Å²) in [5, 5.41) is 4.19. The maximum atomic E-state index is 5.75. The Bertz CT molecular complexity index is 732. The highest BCUT2D eigenvalue weighted by Gasteiger charge is 2.17. The molecule has 2 heterocycles. The molecule has 0 amide bonds. The van der Waals surface area contributed by atoms with Gasteiger partial charge in [0.05, 0.1) is 17.1 Å². The van der Waals surface area contributed by atoms with Crippen LogP contribution < -0.4 is 11.3 Å². The number of fused-ring (bicyclic) bond motifs is 1. The minimum atomic E-state index is -0.0973. The Labute approximate surface area is 122 Å². The molecule has 3 rings (SSSR count). The van der Waals surface area contributed by atoms with Gasteiger partial charge in [0.2, 0.25) is 0 Å². The summed E-state index contributed by atoms with van der Waals surface area (Å²) in [5.74, 6) is 6.64. The molecule has 0 aliphatic rings. The van der Waals surface area contributed by atoms with Gasteiger partial charge >= 0.3 is 0 Å². The van der Waals surface area contributed by atoms with Crippen molar-refractivity contribution in [1.29, 1.82) is 0 Å². The second-order valence-corrected chi connectivity index (χ2v) is 4.69. The second kappa shape index (κ2) is 5.94. The first-order valence-corrected chi connectivity index (χ1v) is 6.86. The number of para-hydroxylation sites is 1. The summed E-state index contributed by atoms with van der Waals surface area (Å²) >= 11 is 0. The van der Waals surface area contributed by atoms with Gasteiger partial charge in [0.1, 0.15) is 12.2 Å². The molecular formula is C14H17N7. The van der Waals surface area contributed by atoms with Gasteiger partial charge in [-0.15, -0.1) is 0 Å². The summed E-state index contributed by atoms with van der Waals surface area (Å²) in [6.07, 6.45) is 5.58. The fourth-order valence-electron chi connectivity index (χ4n) is 2.45. The molecule has 1 atom stereocenters. The Morgan fingerprint density at radius 2 is 2.10 bits per heavy atom. The Hall–Kier alpha value is -2.38. The highest BCUT2D eigenvalue weighted by molar-refractivity contribution is 5.78. The molecule has 3 aromatic rings. The molecule has 0 bridgehead atoms. The third kappa shape index (κ3) is 2.61. The number of hydrazine groups is 1. The van der Waals surface area contributed by atoms with E-state index in [2.05, 4.69) is 25.5 Å². The summed E-state index contributed by atoms with van der Waals surface area (Å²) in [6.45, 7) is 2.81. The van der Waals surface area contributed by atoms with E-state index >= 15 is 0 Å². The summed E-state index contributed by atoms with van der Waals surface area (Å²) < 4.78 is 1.86. The molecule has 0 aliphatic carbocycles. The van der Waals surface area contributed by atoms with E-state index < -0.39 is 0 Å². The molecule has 0 saturated carbocycles. The minimum Gasteiger partial charge on any atom is -0.271 e. The number of benzene rings is 1. The maximum absolute atomic E-state index is 5.75. The van der Waals surface area contributed by atoms with Crippen LogP contribution in [0, 0.1) is 0 Å². The molecule has 21 heavy (non-hydrogen) atoms. The number of nitrogens with one attached hydrogen (secondary N) is 1. The van der Waals surface area contributed by atoms with Crippen molar-refractivity contribution in [2.45, 2.75) is 25.9 Å². The second-order valence-electron chi connectivity index (χ2n) is 4.69. The zero-order chi connectivity index (χ0) is 14.7. The molecule has 108 valence electrons. The normalized spacial score (nSPS) is 12.7. The van der Waals surface area contributed by atoms with Gasteiger partial charge in [-0.05, 0) is 18.6 Å². The predicted molar refractivity (Wildman–Crippen MR) is 79.0 cm³/mol. The fourth-order valence-corrected chi connectivity index (χ4v) is 2.45. The van der Waals surface area contributed by atoms with Gasteiger partial charge in [0.25, 0.3) is 0 Å². The van der Waals surface area contributed by atoms with E-state index in [1.54, 1.807) is 18.7 Å². The van der Waals surface area contributed by atoms with Gasteiger partial charge in [-0.25, -0.2) is 4.98 Å². The van der Waals surface area contributed by atoms with E-state index in [1.165, 1.54) is 0 Å². The molecule has 7 heteroatoms. The van der Waals surface area contributed by atoms with Crippen molar-refractivity contribution >= 4 is 11.0 Å². The zero-order valence-corrected chi connectivity index (χ0v) is 11.8. The molecule has 1 unspecified atom stereocenters. The first-order chi connectivity index (χ1) is 10.3. The SMILES string of the molecule is CCn1ncnc1CC(NN)c1cccc2nccnc12. The number of hydrogen-bond acceptors (Lipinski definition) is 6. The van der Waals surface area contributed by atoms with Crippen LogP contribution in [0.5, 0.6) is 0 Å². The van der Waals surface area contributed by atoms with Crippen LogP contribution in [-0.4, -0.2) is 24.7 Å². The lowest BCUT2D eigenvalue weighted by Crippen LogP contribution is -2.30. The van der Waals surface area contributed by atoms with E-state index in [1.807, 2.05) is 29.8 Å². The standard InChI is InChI=1S/C14H17N7/c1-2-21-13(18-9-19-21)8-12(20-15)10-4-3-5-11-14(10)17-7-6-16-11/h3-7,9,12,20H,2,8,15H2,1H3. The number of aryl methyl sites for hydroxylation is 1. The lowest BCUT2D eigenvalue weighted by Gasteiger charge is -2.17. The van der Waals surface area contributed by atoms with Crippen LogP contribution in [0.1, 0.15) is 24.4 Å². The highest BCUT2D eigenvalue weighted by atomic mass is 15.3. The third-order valence-corrected chi connectivity index (χ3v) is 3.49. The Kier molecular flexibility index (Phi) is 3.85. The summed E-state index contributed by atoms with van der Waals surface area (Å²) in [7, 11) is 0. The van der Waals surface area contributed by atoms with E-state index in [-0.39, 0.29) is 6.04 Å². The number of aromatic nitrogens is 5. The van der Waals surface area contributed by atoms with Crippen molar-refractivity contribution in [3.05, 3.63) is 48.3 Å². The van der Waals surface area contributed by atoms with E-state index in [4.69, 9.17) is 5.84 Å². The molecule has 0 saturated heterocycles. The first kappa shape index (κ1) is 13.6. The maximum Gasteiger partial charge on any atom is 0.138 e. The van der Waals surface area contributed by atoms with Crippen LogP contribution in [0.15, 0.2) is 36.9 Å². The van der Waals surface area contributed by atoms with Gasteiger partial charge in [-0.3, -0.25) is 25.9 Å². The Morgan fingerprint density at radius 3 is 2.90 bits per heavy atom. The van der Waals surface area contributed by atoms with Gasteiger partial charge in [-0.1, -0.05) is 12.1 Å². The first-order valence-electron chi connectivity index (χ1n) is 6.86. The fraction of sp³-hybridized carbons (Fsp3) is 0.286. The lowest BCUT2D eigenvalue weighted by molar-refractivity contribution is 0.512. The van der Waals surface area contributed by atoms with Crippen molar-refractivity contribution in [1.82, 2.24) is 30.2 Å². The average Bonchev–Trinajstić information content (AvgIpc) is 2.99. The molecule has 0 aliphatic heterocycles. The van der Waals surface area contributed by atoms with Crippen LogP contribution in [0.25, 0.3) is 11.0 Å². The molecule has 1 aromatic carbocycles. The predicted octanol–water partition coefficient (Wildman–Crippen LogP) is 0.988. The molecule has 0 fully saturated rings. The largest absolute Gasteiger partial charge is 0.271 e. The van der Waals surface area contributed by atoms with E-state index in [0.29, 0.717) is 6.42 Å². The van der Waals surface area contributed by atoms with Crippen LogP contribution in [0.2, 0.25) is 0 Å². The molecular weight excluding hydrogens is 266 g/mol. The van der Waals surface area contributed by atoms with Crippen molar-refractivity contribution in [3.8, 4) is 0 Å². The summed E-state index contributed by atoms with van der Waals surface area (Å²) in [6, 6.07) is 5.81. The van der Waals surface area contributed by atoms with Crippen molar-refractivity contribution in [3.63, 3.8) is 0 Å². The molecule has 2 aromatic heterocycles. The lowest BCUT2D eigenvalue weighted by atomic mass is 10.0. The Morgan fingerprint density at radius 1 is 1.24 bits per heavy atom. The van der Waals surface area contributed by atoms with E-state index in [0.717, 1.165) is 29.0 Å². The number of nitrogens with two attached hydrogens (primary N) is 1. The van der Waals surface area contributed by atoms with Gasteiger partial charge < -0.3 is 0 Å². The Balaban J connectivity index is 1.99. The highest BCUT2D eigenvalue weighted by Crippen LogP contribution is 2.23. The zero-order valence-electron chi connectivity index (χ0n) is 11.8. The van der Waals surface area contributed by atoms with Crippen LogP contribution in [0.4, 0.5) is 0 Å². The van der Waals surface area contributed by atoms with Crippen molar-refractivity contribution < 1.29 is 0 Å². The average molecular weight is 283 g/mol. The third-order valence-electron chi connectivity index (χ3n) is 3.49. The number of hydrogen-bond donors (Lipinski definition) is 2. The molecule has 7 nitrogen and oxygen atoms in total. The monoisotopic (exact) mass is 283 g/mol. The topological polar surface area (TPSA) is 94.5 Å².